The quantitative estimate of drug-likeness (QED) is 0.610. The van der Waals surface area contributed by atoms with Gasteiger partial charge in [0.15, 0.2) is 0 Å². The van der Waals surface area contributed by atoms with E-state index in [1.807, 2.05) is 0 Å². The van der Waals surface area contributed by atoms with Gasteiger partial charge in [0.1, 0.15) is 5.42 Å². The van der Waals surface area contributed by atoms with Crippen molar-refractivity contribution in [1.29, 1.82) is 5.41 Å². The highest BCUT2D eigenvalue weighted by Gasteiger charge is 2.12. The Balaban J connectivity index is 1.84. The standard InChI is InChI=1S/C21H15N3O5/c1-11-17(9-14-8-13-2-5-15(22)10-18(13)29-21(14)28)19(25)24(23-11)16-6-3-12(4-7-16)20(26)27/h2-10,22-23H,1H3,(H,26,27). The molecule has 3 N–H and O–H groups in total. The van der Waals surface area contributed by atoms with Crippen molar-refractivity contribution in [3.63, 3.8) is 0 Å². The van der Waals surface area contributed by atoms with Crippen molar-refractivity contribution < 1.29 is 14.3 Å². The highest BCUT2D eigenvalue weighted by molar-refractivity contribution is 6.18. The van der Waals surface area contributed by atoms with Gasteiger partial charge in [-0.05, 0) is 55.5 Å². The fraction of sp³-hybridized carbons (Fsp3) is 0.0476. The number of carboxylic acid groups (broad SMARTS) is 1. The van der Waals surface area contributed by atoms with Gasteiger partial charge >= 0.3 is 11.6 Å². The molecular weight excluding hydrogens is 374 g/mol. The van der Waals surface area contributed by atoms with Gasteiger partial charge in [-0.2, -0.15) is 0 Å². The van der Waals surface area contributed by atoms with Crippen LogP contribution in [-0.4, -0.2) is 26.6 Å². The molecule has 0 saturated heterocycles. The maximum atomic E-state index is 12.9. The zero-order valence-corrected chi connectivity index (χ0v) is 15.2. The summed E-state index contributed by atoms with van der Waals surface area (Å²) in [4.78, 5) is 36.2. The van der Waals surface area contributed by atoms with Gasteiger partial charge in [-0.1, -0.05) is 0 Å². The molecule has 0 spiro atoms. The summed E-state index contributed by atoms with van der Waals surface area (Å²) in [6, 6.07) is 7.46. The van der Waals surface area contributed by atoms with E-state index in [0.717, 1.165) is 0 Å². The van der Waals surface area contributed by atoms with Gasteiger partial charge in [-0.25, -0.2) is 14.3 Å². The number of H-pyrrole nitrogens is 1. The van der Waals surface area contributed by atoms with Crippen molar-refractivity contribution in [2.45, 2.75) is 6.92 Å². The second-order valence-corrected chi connectivity index (χ2v) is 6.53. The fourth-order valence-electron chi connectivity index (χ4n) is 3.05. The monoisotopic (exact) mass is 389 g/mol. The Morgan fingerprint density at radius 3 is 2.62 bits per heavy atom. The van der Waals surface area contributed by atoms with Gasteiger partial charge in [0.05, 0.1) is 27.7 Å². The second-order valence-electron chi connectivity index (χ2n) is 6.53. The number of hydrogen-bond donors (Lipinski definition) is 3. The molecule has 144 valence electrons. The number of nitrogens with one attached hydrogen (secondary N) is 2. The first-order valence-electron chi connectivity index (χ1n) is 8.63. The normalized spacial score (nSPS) is 13.3. The Hall–Kier alpha value is -4.20. The molecule has 0 amide bonds. The minimum absolute atomic E-state index is 0.112. The number of hydrogen-bond acceptors (Lipinski definition) is 5. The van der Waals surface area contributed by atoms with Gasteiger partial charge in [0.2, 0.25) is 0 Å². The first-order valence-corrected chi connectivity index (χ1v) is 8.63. The van der Waals surface area contributed by atoms with E-state index >= 15 is 0 Å². The Bertz CT molecular complexity index is 1430. The van der Waals surface area contributed by atoms with Crippen molar-refractivity contribution in [1.82, 2.24) is 9.78 Å². The van der Waals surface area contributed by atoms with Crippen LogP contribution in [0.25, 0.3) is 23.9 Å². The number of aromatic carboxylic acids is 1. The number of benzene rings is 1. The van der Waals surface area contributed by atoms with Gasteiger partial charge in [-0.3, -0.25) is 9.89 Å². The summed E-state index contributed by atoms with van der Waals surface area (Å²) in [5.41, 5.74) is 1.60. The molecule has 0 bridgehead atoms. The van der Waals surface area contributed by atoms with Crippen LogP contribution >= 0.6 is 0 Å². The summed E-state index contributed by atoms with van der Waals surface area (Å²) in [7, 11) is 0. The van der Waals surface area contributed by atoms with Crippen LogP contribution in [0.1, 0.15) is 27.2 Å². The largest absolute Gasteiger partial charge is 0.478 e. The van der Waals surface area contributed by atoms with Crippen LogP contribution in [0.15, 0.2) is 50.4 Å². The number of nitrogens with zero attached hydrogens (tertiary/aromatic N) is 1. The maximum absolute atomic E-state index is 12.9. The lowest BCUT2D eigenvalue weighted by Crippen LogP contribution is -2.31. The number of rotatable bonds is 3. The SMILES string of the molecule is Cc1[nH]n(-c2ccc(C(=O)O)cc2)c(=O)c1C=c1cc2c(oc1=O)=CC(=N)C=C2. The molecule has 0 unspecified atom stereocenters. The molecule has 0 saturated carbocycles. The Morgan fingerprint density at radius 2 is 1.93 bits per heavy atom. The van der Waals surface area contributed by atoms with Crippen molar-refractivity contribution in [2.24, 2.45) is 0 Å². The summed E-state index contributed by atoms with van der Waals surface area (Å²) in [5.74, 6) is -1.05. The molecule has 2 aromatic heterocycles. The van der Waals surface area contributed by atoms with Crippen molar-refractivity contribution in [2.75, 3.05) is 0 Å². The van der Waals surface area contributed by atoms with Gasteiger partial charge in [0.25, 0.3) is 5.56 Å². The fourth-order valence-corrected chi connectivity index (χ4v) is 3.05. The lowest BCUT2D eigenvalue weighted by atomic mass is 10.1. The van der Waals surface area contributed by atoms with E-state index in [0.29, 0.717) is 22.4 Å². The highest BCUT2D eigenvalue weighted by atomic mass is 16.4. The lowest BCUT2D eigenvalue weighted by molar-refractivity contribution is 0.0697. The van der Waals surface area contributed by atoms with Crippen LogP contribution in [0.5, 0.6) is 0 Å². The number of carbonyl (C=O) groups is 1. The lowest BCUT2D eigenvalue weighted by Gasteiger charge is -2.01. The second kappa shape index (κ2) is 6.75. The van der Waals surface area contributed by atoms with E-state index in [4.69, 9.17) is 14.9 Å². The summed E-state index contributed by atoms with van der Waals surface area (Å²) in [6.07, 6.45) is 6.16. The van der Waals surface area contributed by atoms with Crippen molar-refractivity contribution in [3.8, 4) is 5.69 Å². The molecule has 0 radical (unpaired) electrons. The van der Waals surface area contributed by atoms with Gasteiger partial charge < -0.3 is 14.9 Å². The van der Waals surface area contributed by atoms with Crippen LogP contribution < -0.4 is 21.8 Å². The summed E-state index contributed by atoms with van der Waals surface area (Å²) < 4.78 is 6.55. The predicted molar refractivity (Wildman–Crippen MR) is 107 cm³/mol. The Kier molecular flexibility index (Phi) is 4.23. The number of aromatic amines is 1. The molecule has 0 fully saturated rings. The number of fused-ring (bicyclic) bond motifs is 1. The highest BCUT2D eigenvalue weighted by Crippen LogP contribution is 2.10. The van der Waals surface area contributed by atoms with Crippen molar-refractivity contribution in [3.05, 3.63) is 90.2 Å². The topological polar surface area (TPSA) is 129 Å². The zero-order chi connectivity index (χ0) is 20.7. The van der Waals surface area contributed by atoms with Gasteiger partial charge in [0, 0.05) is 17.3 Å². The minimum Gasteiger partial charge on any atom is -0.478 e. The average Bonchev–Trinajstić information content (AvgIpc) is 2.97. The molecule has 1 aliphatic rings. The van der Waals surface area contributed by atoms with E-state index in [-0.39, 0.29) is 27.6 Å². The molecule has 0 aliphatic heterocycles. The maximum Gasteiger partial charge on any atom is 0.343 e. The summed E-state index contributed by atoms with van der Waals surface area (Å²) >= 11 is 0. The third-order valence-corrected chi connectivity index (χ3v) is 4.55. The van der Waals surface area contributed by atoms with Crippen LogP contribution in [0, 0.1) is 12.3 Å². The summed E-state index contributed by atoms with van der Waals surface area (Å²) in [5, 5.41) is 19.7. The molecule has 4 rings (SSSR count). The van der Waals surface area contributed by atoms with E-state index in [1.165, 1.54) is 41.1 Å². The first-order chi connectivity index (χ1) is 13.8. The van der Waals surface area contributed by atoms with Crippen LogP contribution in [0.3, 0.4) is 0 Å². The third-order valence-electron chi connectivity index (χ3n) is 4.55. The molecule has 8 nitrogen and oxygen atoms in total. The number of aryl methyl sites for hydroxylation is 1. The number of carboxylic acids is 1. The molecule has 3 aromatic rings. The molecule has 1 aromatic carbocycles. The van der Waals surface area contributed by atoms with Gasteiger partial charge in [-0.15, -0.1) is 0 Å². The number of allylic oxidation sites excluding steroid dienone is 1. The number of aromatic nitrogens is 2. The summed E-state index contributed by atoms with van der Waals surface area (Å²) in [6.45, 7) is 1.70. The van der Waals surface area contributed by atoms with E-state index in [2.05, 4.69) is 5.10 Å². The van der Waals surface area contributed by atoms with E-state index in [1.54, 1.807) is 25.1 Å². The molecule has 0 atom stereocenters. The molecular formula is C21H15N3O5. The minimum atomic E-state index is -1.05. The van der Waals surface area contributed by atoms with Crippen LogP contribution in [0.4, 0.5) is 0 Å². The smallest absolute Gasteiger partial charge is 0.343 e. The van der Waals surface area contributed by atoms with E-state index < -0.39 is 11.6 Å². The Labute approximate surface area is 162 Å². The molecule has 2 heterocycles. The molecule has 1 aliphatic carbocycles. The predicted octanol–water partition coefficient (Wildman–Crippen LogP) is 0.781. The molecule has 8 heteroatoms. The molecule has 29 heavy (non-hydrogen) atoms. The van der Waals surface area contributed by atoms with Crippen molar-refractivity contribution >= 4 is 29.9 Å². The first kappa shape index (κ1) is 18.2. The van der Waals surface area contributed by atoms with E-state index in [9.17, 15) is 14.4 Å². The third kappa shape index (κ3) is 3.27. The van der Waals surface area contributed by atoms with Crippen LogP contribution in [0.2, 0.25) is 0 Å². The average molecular weight is 389 g/mol. The van der Waals surface area contributed by atoms with Crippen LogP contribution in [-0.2, 0) is 0 Å². The Morgan fingerprint density at radius 1 is 1.21 bits per heavy atom. The zero-order valence-electron chi connectivity index (χ0n) is 15.2.